The fraction of sp³-hybridized carbons (Fsp3) is 0.235. The van der Waals surface area contributed by atoms with Crippen molar-refractivity contribution in [2.24, 2.45) is 0 Å². The van der Waals surface area contributed by atoms with Crippen molar-refractivity contribution < 1.29 is 22.0 Å². The second-order valence-corrected chi connectivity index (χ2v) is 7.87. The summed E-state index contributed by atoms with van der Waals surface area (Å²) in [6.07, 6.45) is 1.08. The normalized spacial score (nSPS) is 12.5. The van der Waals surface area contributed by atoms with Gasteiger partial charge in [0.15, 0.2) is 0 Å². The fourth-order valence-corrected chi connectivity index (χ4v) is 3.87. The summed E-state index contributed by atoms with van der Waals surface area (Å²) >= 11 is 5.92. The van der Waals surface area contributed by atoms with E-state index in [1.165, 1.54) is 12.1 Å². The SMILES string of the molecule is CCC(C(=O)Nc1ccc(F)cc1F)N(c1cccc(Cl)c1)S(C)(=O)=O. The zero-order chi connectivity index (χ0) is 19.5. The Hall–Kier alpha value is -2.19. The van der Waals surface area contributed by atoms with Crippen LogP contribution in [-0.4, -0.2) is 26.6 Å². The molecule has 5 nitrogen and oxygen atoms in total. The number of nitrogens with zero attached hydrogens (tertiary/aromatic N) is 1. The van der Waals surface area contributed by atoms with Crippen LogP contribution in [-0.2, 0) is 14.8 Å². The third-order valence-electron chi connectivity index (χ3n) is 3.58. The van der Waals surface area contributed by atoms with E-state index in [4.69, 9.17) is 11.6 Å². The molecule has 2 aromatic carbocycles. The minimum absolute atomic E-state index is 0.119. The van der Waals surface area contributed by atoms with Gasteiger partial charge in [-0.2, -0.15) is 0 Å². The van der Waals surface area contributed by atoms with Gasteiger partial charge in [-0.3, -0.25) is 9.10 Å². The molecule has 26 heavy (non-hydrogen) atoms. The third kappa shape index (κ3) is 4.70. The topological polar surface area (TPSA) is 66.5 Å². The minimum Gasteiger partial charge on any atom is -0.322 e. The van der Waals surface area contributed by atoms with Gasteiger partial charge in [0.05, 0.1) is 17.6 Å². The summed E-state index contributed by atoms with van der Waals surface area (Å²) in [5.41, 5.74) is -0.0315. The number of halogens is 3. The summed E-state index contributed by atoms with van der Waals surface area (Å²) in [6.45, 7) is 1.62. The maximum absolute atomic E-state index is 13.8. The Labute approximate surface area is 155 Å². The monoisotopic (exact) mass is 402 g/mol. The number of rotatable bonds is 6. The molecule has 2 rings (SSSR count). The lowest BCUT2D eigenvalue weighted by Crippen LogP contribution is -2.47. The molecule has 0 saturated heterocycles. The molecule has 1 N–H and O–H groups in total. The molecule has 0 radical (unpaired) electrons. The lowest BCUT2D eigenvalue weighted by Gasteiger charge is -2.30. The Bertz CT molecular complexity index is 922. The number of sulfonamides is 1. The molecule has 140 valence electrons. The molecule has 0 heterocycles. The highest BCUT2D eigenvalue weighted by atomic mass is 35.5. The molecule has 0 aromatic heterocycles. The highest BCUT2D eigenvalue weighted by Crippen LogP contribution is 2.26. The first-order valence-corrected chi connectivity index (χ1v) is 9.87. The molecule has 0 aliphatic heterocycles. The summed E-state index contributed by atoms with van der Waals surface area (Å²) in [6, 6.07) is 7.58. The number of hydrogen-bond acceptors (Lipinski definition) is 3. The fourth-order valence-electron chi connectivity index (χ4n) is 2.48. The first-order valence-electron chi connectivity index (χ1n) is 7.64. The van der Waals surface area contributed by atoms with Crippen LogP contribution in [0, 0.1) is 11.6 Å². The Morgan fingerprint density at radius 1 is 1.23 bits per heavy atom. The van der Waals surface area contributed by atoms with Crippen molar-refractivity contribution in [2.45, 2.75) is 19.4 Å². The Morgan fingerprint density at radius 2 is 1.92 bits per heavy atom. The minimum atomic E-state index is -3.84. The maximum atomic E-state index is 13.8. The number of hydrogen-bond donors (Lipinski definition) is 1. The van der Waals surface area contributed by atoms with Crippen LogP contribution in [0.5, 0.6) is 0 Å². The first kappa shape index (κ1) is 20.1. The van der Waals surface area contributed by atoms with Gasteiger partial charge in [-0.15, -0.1) is 0 Å². The van der Waals surface area contributed by atoms with Crippen molar-refractivity contribution in [1.82, 2.24) is 0 Å². The maximum Gasteiger partial charge on any atom is 0.248 e. The smallest absolute Gasteiger partial charge is 0.248 e. The highest BCUT2D eigenvalue weighted by molar-refractivity contribution is 7.92. The van der Waals surface area contributed by atoms with Crippen LogP contribution in [0.2, 0.25) is 5.02 Å². The molecule has 1 unspecified atom stereocenters. The zero-order valence-corrected chi connectivity index (χ0v) is 15.6. The molecule has 0 aliphatic carbocycles. The van der Waals surface area contributed by atoms with Crippen molar-refractivity contribution in [3.05, 3.63) is 59.1 Å². The van der Waals surface area contributed by atoms with E-state index in [-0.39, 0.29) is 17.8 Å². The quantitative estimate of drug-likeness (QED) is 0.799. The Morgan fingerprint density at radius 3 is 2.46 bits per heavy atom. The summed E-state index contributed by atoms with van der Waals surface area (Å²) in [4.78, 5) is 12.6. The van der Waals surface area contributed by atoms with Crippen LogP contribution >= 0.6 is 11.6 Å². The van der Waals surface area contributed by atoms with Crippen molar-refractivity contribution in [3.63, 3.8) is 0 Å². The molecule has 0 fully saturated rings. The van der Waals surface area contributed by atoms with Gasteiger partial charge >= 0.3 is 0 Å². The van der Waals surface area contributed by atoms with E-state index in [1.54, 1.807) is 19.1 Å². The summed E-state index contributed by atoms with van der Waals surface area (Å²) < 4.78 is 52.3. The Kier molecular flexibility index (Phi) is 6.20. The lowest BCUT2D eigenvalue weighted by molar-refractivity contribution is -0.117. The molecular weight excluding hydrogens is 386 g/mol. The van der Waals surface area contributed by atoms with Crippen LogP contribution in [0.15, 0.2) is 42.5 Å². The van der Waals surface area contributed by atoms with Crippen molar-refractivity contribution >= 4 is 38.9 Å². The van der Waals surface area contributed by atoms with Crippen molar-refractivity contribution in [2.75, 3.05) is 15.9 Å². The van der Waals surface area contributed by atoms with Crippen LogP contribution in [0.25, 0.3) is 0 Å². The second kappa shape index (κ2) is 8.01. The Balaban J connectivity index is 2.40. The second-order valence-electron chi connectivity index (χ2n) is 5.58. The van der Waals surface area contributed by atoms with Gasteiger partial charge in [0.1, 0.15) is 17.7 Å². The molecular formula is C17H17ClF2N2O3S. The van der Waals surface area contributed by atoms with Gasteiger partial charge in [0, 0.05) is 11.1 Å². The number of nitrogens with one attached hydrogen (secondary N) is 1. The molecule has 0 spiro atoms. The number of carbonyl (C=O) groups is 1. The van der Waals surface area contributed by atoms with Gasteiger partial charge in [0.2, 0.25) is 15.9 Å². The zero-order valence-electron chi connectivity index (χ0n) is 14.0. The molecule has 1 amide bonds. The van der Waals surface area contributed by atoms with Crippen LogP contribution in [0.3, 0.4) is 0 Å². The molecule has 0 saturated carbocycles. The lowest BCUT2D eigenvalue weighted by atomic mass is 10.1. The molecule has 0 aliphatic rings. The summed E-state index contributed by atoms with van der Waals surface area (Å²) in [5.74, 6) is -2.49. The number of benzene rings is 2. The molecule has 9 heteroatoms. The predicted octanol–water partition coefficient (Wildman–Crippen LogP) is 3.80. The van der Waals surface area contributed by atoms with E-state index >= 15 is 0 Å². The number of anilines is 2. The van der Waals surface area contributed by atoms with Gasteiger partial charge in [0.25, 0.3) is 0 Å². The number of carbonyl (C=O) groups excluding carboxylic acids is 1. The number of amides is 1. The van der Waals surface area contributed by atoms with Gasteiger partial charge in [-0.1, -0.05) is 24.6 Å². The van der Waals surface area contributed by atoms with Gasteiger partial charge < -0.3 is 5.32 Å². The average molecular weight is 403 g/mol. The molecule has 2 aromatic rings. The van der Waals surface area contributed by atoms with E-state index < -0.39 is 33.6 Å². The average Bonchev–Trinajstić information content (AvgIpc) is 2.53. The van der Waals surface area contributed by atoms with E-state index in [2.05, 4.69) is 5.32 Å². The molecule has 0 bridgehead atoms. The van der Waals surface area contributed by atoms with Crippen molar-refractivity contribution in [3.8, 4) is 0 Å². The molecule has 1 atom stereocenters. The van der Waals surface area contributed by atoms with Crippen LogP contribution < -0.4 is 9.62 Å². The largest absolute Gasteiger partial charge is 0.322 e. The van der Waals surface area contributed by atoms with Gasteiger partial charge in [-0.05, 0) is 36.8 Å². The summed E-state index contributed by atoms with van der Waals surface area (Å²) in [7, 11) is -3.84. The van der Waals surface area contributed by atoms with E-state index in [9.17, 15) is 22.0 Å². The first-order chi connectivity index (χ1) is 12.1. The van der Waals surface area contributed by atoms with Crippen LogP contribution in [0.4, 0.5) is 20.2 Å². The van der Waals surface area contributed by atoms with E-state index in [0.29, 0.717) is 11.1 Å². The third-order valence-corrected chi connectivity index (χ3v) is 5.00. The van der Waals surface area contributed by atoms with Gasteiger partial charge in [-0.25, -0.2) is 17.2 Å². The van der Waals surface area contributed by atoms with Crippen molar-refractivity contribution in [1.29, 1.82) is 0 Å². The van der Waals surface area contributed by atoms with E-state index in [1.807, 2.05) is 0 Å². The van der Waals surface area contributed by atoms with E-state index in [0.717, 1.165) is 22.7 Å². The summed E-state index contributed by atoms with van der Waals surface area (Å²) in [5, 5.41) is 2.61. The predicted molar refractivity (Wildman–Crippen MR) is 97.8 cm³/mol. The highest BCUT2D eigenvalue weighted by Gasteiger charge is 2.32. The standard InChI is InChI=1S/C17H17ClF2N2O3S/c1-3-16(17(23)21-15-8-7-12(19)10-14(15)20)22(26(2,24)25)13-6-4-5-11(18)9-13/h4-10,16H,3H2,1-2H3,(H,21,23). The van der Waals surface area contributed by atoms with Crippen LogP contribution in [0.1, 0.15) is 13.3 Å².